The van der Waals surface area contributed by atoms with Gasteiger partial charge in [0.25, 0.3) is 0 Å². The van der Waals surface area contributed by atoms with Gasteiger partial charge in [0.05, 0.1) is 7.11 Å². The van der Waals surface area contributed by atoms with Crippen molar-refractivity contribution in [2.75, 3.05) is 7.11 Å². The van der Waals surface area contributed by atoms with Gasteiger partial charge in [-0.05, 0) is 48.4 Å². The summed E-state index contributed by atoms with van der Waals surface area (Å²) in [7, 11) is 1.71. The summed E-state index contributed by atoms with van der Waals surface area (Å²) in [5, 5.41) is 3.72. The van der Waals surface area contributed by atoms with Crippen LogP contribution >= 0.6 is 15.9 Å². The quantitative estimate of drug-likeness (QED) is 0.867. The molecule has 0 heterocycles. The van der Waals surface area contributed by atoms with Crippen LogP contribution < -0.4 is 10.1 Å². The van der Waals surface area contributed by atoms with Gasteiger partial charge in [-0.2, -0.15) is 0 Å². The van der Waals surface area contributed by atoms with Crippen LogP contribution in [0.25, 0.3) is 0 Å². The van der Waals surface area contributed by atoms with E-state index >= 15 is 0 Å². The fraction of sp³-hybridized carbons (Fsp3) is 0.625. The molecule has 0 spiro atoms. The summed E-state index contributed by atoms with van der Waals surface area (Å²) in [6.45, 7) is 5.60. The highest BCUT2D eigenvalue weighted by Crippen LogP contribution is 2.34. The Balaban J connectivity index is 1.95. The van der Waals surface area contributed by atoms with Crippen molar-refractivity contribution in [2.24, 2.45) is 11.8 Å². The zero-order valence-corrected chi connectivity index (χ0v) is 13.7. The molecule has 0 amide bonds. The molecule has 0 radical (unpaired) electrons. The SMILES string of the molecule is CCC1CCC(NCc2cc(OC)ccc2Br)C1C. The third kappa shape index (κ3) is 3.51. The molecule has 3 heteroatoms. The van der Waals surface area contributed by atoms with Crippen LogP contribution in [0.5, 0.6) is 5.75 Å². The minimum absolute atomic E-state index is 0.656. The van der Waals surface area contributed by atoms with Crippen LogP contribution in [0, 0.1) is 11.8 Å². The molecule has 0 bridgehead atoms. The van der Waals surface area contributed by atoms with Crippen LogP contribution in [0.3, 0.4) is 0 Å². The first-order valence-corrected chi connectivity index (χ1v) is 8.00. The number of ether oxygens (including phenoxy) is 1. The van der Waals surface area contributed by atoms with E-state index in [9.17, 15) is 0 Å². The van der Waals surface area contributed by atoms with Crippen molar-refractivity contribution in [3.63, 3.8) is 0 Å². The van der Waals surface area contributed by atoms with Gasteiger partial charge in [-0.3, -0.25) is 0 Å². The maximum Gasteiger partial charge on any atom is 0.119 e. The Labute approximate surface area is 125 Å². The number of rotatable bonds is 5. The van der Waals surface area contributed by atoms with Gasteiger partial charge in [-0.25, -0.2) is 0 Å². The number of halogens is 1. The third-order valence-electron chi connectivity index (χ3n) is 4.56. The summed E-state index contributed by atoms with van der Waals surface area (Å²) in [6, 6.07) is 6.80. The monoisotopic (exact) mass is 325 g/mol. The van der Waals surface area contributed by atoms with Crippen molar-refractivity contribution in [1.29, 1.82) is 0 Å². The standard InChI is InChI=1S/C16H24BrNO/c1-4-12-5-8-16(11(12)2)18-10-13-9-14(19-3)6-7-15(13)17/h6-7,9,11-12,16,18H,4-5,8,10H2,1-3H3. The van der Waals surface area contributed by atoms with Gasteiger partial charge in [0.1, 0.15) is 5.75 Å². The minimum Gasteiger partial charge on any atom is -0.497 e. The molecule has 1 saturated carbocycles. The zero-order chi connectivity index (χ0) is 13.8. The molecule has 1 aromatic rings. The number of nitrogens with one attached hydrogen (secondary N) is 1. The maximum absolute atomic E-state index is 5.29. The van der Waals surface area contributed by atoms with Crippen molar-refractivity contribution < 1.29 is 4.74 Å². The molecule has 1 N–H and O–H groups in total. The Morgan fingerprint density at radius 1 is 1.37 bits per heavy atom. The lowest BCUT2D eigenvalue weighted by atomic mass is 9.93. The predicted octanol–water partition coefficient (Wildman–Crippen LogP) is 4.37. The van der Waals surface area contributed by atoms with E-state index in [0.717, 1.165) is 28.6 Å². The maximum atomic E-state index is 5.29. The van der Waals surface area contributed by atoms with E-state index in [-0.39, 0.29) is 0 Å². The molecule has 3 unspecified atom stereocenters. The van der Waals surface area contributed by atoms with E-state index in [1.807, 2.05) is 6.07 Å². The Morgan fingerprint density at radius 2 is 2.16 bits per heavy atom. The summed E-state index contributed by atoms with van der Waals surface area (Å²) in [5.41, 5.74) is 1.27. The van der Waals surface area contributed by atoms with Gasteiger partial charge in [-0.1, -0.05) is 36.2 Å². The Morgan fingerprint density at radius 3 is 2.79 bits per heavy atom. The van der Waals surface area contributed by atoms with Gasteiger partial charge in [-0.15, -0.1) is 0 Å². The fourth-order valence-corrected chi connectivity index (χ4v) is 3.55. The summed E-state index contributed by atoms with van der Waals surface area (Å²) < 4.78 is 6.44. The second kappa shape index (κ2) is 6.76. The average molecular weight is 326 g/mol. The van der Waals surface area contributed by atoms with E-state index in [1.165, 1.54) is 24.8 Å². The van der Waals surface area contributed by atoms with Crippen LogP contribution in [0.1, 0.15) is 38.7 Å². The molecule has 2 nitrogen and oxygen atoms in total. The summed E-state index contributed by atoms with van der Waals surface area (Å²) in [4.78, 5) is 0. The highest BCUT2D eigenvalue weighted by Gasteiger charge is 2.30. The number of hydrogen-bond acceptors (Lipinski definition) is 2. The first-order valence-electron chi connectivity index (χ1n) is 7.21. The second-order valence-electron chi connectivity index (χ2n) is 5.55. The molecule has 0 saturated heterocycles. The Hall–Kier alpha value is -0.540. The molecule has 1 aliphatic rings. The smallest absolute Gasteiger partial charge is 0.119 e. The summed E-state index contributed by atoms with van der Waals surface area (Å²) in [6.07, 6.45) is 3.98. The molecule has 106 valence electrons. The van der Waals surface area contributed by atoms with E-state index in [4.69, 9.17) is 4.74 Å². The molecular weight excluding hydrogens is 302 g/mol. The van der Waals surface area contributed by atoms with Crippen molar-refractivity contribution >= 4 is 15.9 Å². The van der Waals surface area contributed by atoms with E-state index in [0.29, 0.717) is 6.04 Å². The number of benzene rings is 1. The van der Waals surface area contributed by atoms with Gasteiger partial charge >= 0.3 is 0 Å². The van der Waals surface area contributed by atoms with Gasteiger partial charge in [0.2, 0.25) is 0 Å². The average Bonchev–Trinajstić information content (AvgIpc) is 2.78. The normalized spacial score (nSPS) is 26.6. The Bertz CT molecular complexity index is 421. The van der Waals surface area contributed by atoms with Crippen molar-refractivity contribution in [1.82, 2.24) is 5.32 Å². The second-order valence-corrected chi connectivity index (χ2v) is 6.40. The Kier molecular flexibility index (Phi) is 5.28. The van der Waals surface area contributed by atoms with Gasteiger partial charge in [0.15, 0.2) is 0 Å². The van der Waals surface area contributed by atoms with Gasteiger partial charge in [0, 0.05) is 17.1 Å². The van der Waals surface area contributed by atoms with Crippen molar-refractivity contribution in [3.8, 4) is 5.75 Å². The van der Waals surface area contributed by atoms with E-state index < -0.39 is 0 Å². The molecule has 19 heavy (non-hydrogen) atoms. The topological polar surface area (TPSA) is 21.3 Å². The van der Waals surface area contributed by atoms with Crippen molar-refractivity contribution in [3.05, 3.63) is 28.2 Å². The van der Waals surface area contributed by atoms with E-state index in [1.54, 1.807) is 7.11 Å². The molecule has 3 atom stereocenters. The predicted molar refractivity (Wildman–Crippen MR) is 83.5 cm³/mol. The lowest BCUT2D eigenvalue weighted by molar-refractivity contribution is 0.344. The van der Waals surface area contributed by atoms with Gasteiger partial charge < -0.3 is 10.1 Å². The van der Waals surface area contributed by atoms with Crippen molar-refractivity contribution in [2.45, 2.75) is 45.7 Å². The molecular formula is C16H24BrNO. The zero-order valence-electron chi connectivity index (χ0n) is 12.1. The van der Waals surface area contributed by atoms with Crippen LogP contribution in [0.15, 0.2) is 22.7 Å². The largest absolute Gasteiger partial charge is 0.497 e. The third-order valence-corrected chi connectivity index (χ3v) is 5.33. The molecule has 0 aliphatic heterocycles. The summed E-state index contributed by atoms with van der Waals surface area (Å²) >= 11 is 3.61. The lowest BCUT2D eigenvalue weighted by Gasteiger charge is -2.21. The number of methoxy groups -OCH3 is 1. The van der Waals surface area contributed by atoms with Crippen LogP contribution in [0.2, 0.25) is 0 Å². The molecule has 1 fully saturated rings. The minimum atomic E-state index is 0.656. The molecule has 1 aliphatic carbocycles. The van der Waals surface area contributed by atoms with Crippen LogP contribution in [0.4, 0.5) is 0 Å². The number of hydrogen-bond donors (Lipinski definition) is 1. The highest BCUT2D eigenvalue weighted by atomic mass is 79.9. The van der Waals surface area contributed by atoms with Crippen LogP contribution in [-0.4, -0.2) is 13.2 Å². The van der Waals surface area contributed by atoms with Crippen LogP contribution in [-0.2, 0) is 6.54 Å². The van der Waals surface area contributed by atoms with E-state index in [2.05, 4.69) is 47.2 Å². The molecule has 1 aromatic carbocycles. The molecule has 2 rings (SSSR count). The molecule has 0 aromatic heterocycles. The summed E-state index contributed by atoms with van der Waals surface area (Å²) in [5.74, 6) is 2.60. The highest BCUT2D eigenvalue weighted by molar-refractivity contribution is 9.10. The fourth-order valence-electron chi connectivity index (χ4n) is 3.17. The first-order chi connectivity index (χ1) is 9.15. The lowest BCUT2D eigenvalue weighted by Crippen LogP contribution is -2.32. The first kappa shape index (κ1) is 14.9.